The van der Waals surface area contributed by atoms with E-state index in [0.29, 0.717) is 32.5 Å². The summed E-state index contributed by atoms with van der Waals surface area (Å²) in [7, 11) is 2.90. The van der Waals surface area contributed by atoms with Gasteiger partial charge in [-0.3, -0.25) is 4.79 Å². The van der Waals surface area contributed by atoms with Gasteiger partial charge in [-0.2, -0.15) is 18.3 Å². The van der Waals surface area contributed by atoms with Gasteiger partial charge in [-0.15, -0.1) is 0 Å². The zero-order valence-electron chi connectivity index (χ0n) is 18.8. The molecule has 0 saturated carbocycles. The third-order valence-electron chi connectivity index (χ3n) is 5.76. The molecule has 0 bridgehead atoms. The van der Waals surface area contributed by atoms with Crippen LogP contribution in [0.2, 0.25) is 10.0 Å². The number of carbonyl (C=O) groups excluding carboxylic acids is 1. The number of halogens is 5. The lowest BCUT2D eigenvalue weighted by Crippen LogP contribution is -2.35. The van der Waals surface area contributed by atoms with Gasteiger partial charge in [0.05, 0.1) is 31.0 Å². The van der Waals surface area contributed by atoms with Crippen LogP contribution < -0.4 is 20.1 Å². The smallest absolute Gasteiger partial charge is 0.410 e. The third kappa shape index (κ3) is 4.72. The summed E-state index contributed by atoms with van der Waals surface area (Å²) < 4.78 is 53.4. The molecule has 0 radical (unpaired) electrons. The topological polar surface area (TPSA) is 77.4 Å². The van der Waals surface area contributed by atoms with Crippen LogP contribution in [-0.2, 0) is 0 Å². The molecule has 12 heteroatoms. The summed E-state index contributed by atoms with van der Waals surface area (Å²) in [6.45, 7) is 1.76. The molecule has 0 aliphatic carbocycles. The maximum Gasteiger partial charge on any atom is 0.410 e. The molecule has 1 amide bonds. The molecule has 1 aliphatic heterocycles. The minimum atomic E-state index is -4.64. The van der Waals surface area contributed by atoms with Crippen LogP contribution in [0.25, 0.3) is 0 Å². The molecule has 4 rings (SSSR count). The molecule has 186 valence electrons. The van der Waals surface area contributed by atoms with E-state index in [1.54, 1.807) is 43.3 Å². The standard InChI is InChI=1S/C23H21Cl2F3N4O3/c1-11-5-4-6-13(18(11)24)30-22(33)20-19(25)21-29-14(10-17(23(26,27)28)32(21)31-20)12-7-8-15(34-2)16(9-12)35-3/h4-9,14,17,29H,10H2,1-3H3,(H,30,33). The van der Waals surface area contributed by atoms with Crippen molar-refractivity contribution in [3.8, 4) is 11.5 Å². The number of alkyl halides is 3. The molecule has 0 spiro atoms. The maximum atomic E-state index is 14.1. The number of benzene rings is 2. The van der Waals surface area contributed by atoms with Gasteiger partial charge in [0.2, 0.25) is 0 Å². The number of hydrogen-bond acceptors (Lipinski definition) is 5. The highest BCUT2D eigenvalue weighted by Crippen LogP contribution is 2.47. The van der Waals surface area contributed by atoms with Gasteiger partial charge in [0.25, 0.3) is 5.91 Å². The Labute approximate surface area is 209 Å². The van der Waals surface area contributed by atoms with Crippen LogP contribution in [0.5, 0.6) is 11.5 Å². The largest absolute Gasteiger partial charge is 0.493 e. The number of aromatic nitrogens is 2. The van der Waals surface area contributed by atoms with Crippen molar-refractivity contribution in [2.24, 2.45) is 0 Å². The van der Waals surface area contributed by atoms with Crippen molar-refractivity contribution in [1.29, 1.82) is 0 Å². The maximum absolute atomic E-state index is 14.1. The summed E-state index contributed by atoms with van der Waals surface area (Å²) in [4.78, 5) is 12.9. The quantitative estimate of drug-likeness (QED) is 0.399. The van der Waals surface area contributed by atoms with Crippen LogP contribution in [-0.4, -0.2) is 36.1 Å². The Morgan fingerprint density at radius 3 is 2.51 bits per heavy atom. The number of nitrogens with zero attached hydrogens (tertiary/aromatic N) is 2. The molecule has 35 heavy (non-hydrogen) atoms. The third-order valence-corrected chi connectivity index (χ3v) is 6.62. The van der Waals surface area contributed by atoms with E-state index in [2.05, 4.69) is 15.7 Å². The predicted octanol–water partition coefficient (Wildman–Crippen LogP) is 6.43. The van der Waals surface area contributed by atoms with Gasteiger partial charge in [-0.1, -0.05) is 41.4 Å². The summed E-state index contributed by atoms with van der Waals surface area (Å²) >= 11 is 12.6. The van der Waals surface area contributed by atoms with E-state index in [1.807, 2.05) is 0 Å². The second kappa shape index (κ2) is 9.50. The highest BCUT2D eigenvalue weighted by atomic mass is 35.5. The lowest BCUT2D eigenvalue weighted by atomic mass is 9.96. The summed E-state index contributed by atoms with van der Waals surface area (Å²) in [5.74, 6) is -0.0813. The number of nitrogens with one attached hydrogen (secondary N) is 2. The lowest BCUT2D eigenvalue weighted by Gasteiger charge is -2.33. The Kier molecular flexibility index (Phi) is 6.79. The number of methoxy groups -OCH3 is 2. The molecular formula is C23H21Cl2F3N4O3. The van der Waals surface area contributed by atoms with Crippen LogP contribution >= 0.6 is 23.2 Å². The zero-order chi connectivity index (χ0) is 25.5. The SMILES string of the molecule is COc1ccc(C2CC(C(F)(F)F)n3nc(C(=O)Nc4cccc(C)c4Cl)c(Cl)c3N2)cc1OC. The van der Waals surface area contributed by atoms with Crippen LogP contribution in [0.15, 0.2) is 36.4 Å². The Morgan fingerprint density at radius 1 is 1.14 bits per heavy atom. The first kappa shape index (κ1) is 25.0. The summed E-state index contributed by atoms with van der Waals surface area (Å²) in [6, 6.07) is 7.05. The van der Waals surface area contributed by atoms with E-state index < -0.39 is 24.2 Å². The molecule has 2 atom stereocenters. The van der Waals surface area contributed by atoms with Gasteiger partial charge >= 0.3 is 6.18 Å². The summed E-state index contributed by atoms with van der Waals surface area (Å²) in [5, 5.41) is 9.58. The fourth-order valence-electron chi connectivity index (χ4n) is 3.95. The zero-order valence-corrected chi connectivity index (χ0v) is 20.3. The molecule has 2 N–H and O–H groups in total. The van der Waals surface area contributed by atoms with Gasteiger partial charge in [-0.05, 0) is 36.2 Å². The molecule has 1 aliphatic rings. The Bertz CT molecular complexity index is 1280. The predicted molar refractivity (Wildman–Crippen MR) is 127 cm³/mol. The minimum Gasteiger partial charge on any atom is -0.493 e. The average Bonchev–Trinajstić information content (AvgIpc) is 3.16. The molecule has 2 heterocycles. The highest BCUT2D eigenvalue weighted by Gasteiger charge is 2.48. The fraction of sp³-hybridized carbons (Fsp3) is 0.304. The van der Waals surface area contributed by atoms with Gasteiger partial charge in [0.1, 0.15) is 10.8 Å². The van der Waals surface area contributed by atoms with Crippen molar-refractivity contribution in [1.82, 2.24) is 9.78 Å². The molecule has 1 aromatic heterocycles. The van der Waals surface area contributed by atoms with Gasteiger partial charge in [0, 0.05) is 6.42 Å². The van der Waals surface area contributed by atoms with E-state index in [9.17, 15) is 18.0 Å². The monoisotopic (exact) mass is 528 g/mol. The second-order valence-electron chi connectivity index (χ2n) is 7.95. The lowest BCUT2D eigenvalue weighted by molar-refractivity contribution is -0.173. The highest BCUT2D eigenvalue weighted by molar-refractivity contribution is 6.37. The number of amides is 1. The first-order valence-corrected chi connectivity index (χ1v) is 11.2. The number of fused-ring (bicyclic) bond motifs is 1. The molecule has 2 aromatic carbocycles. The number of hydrogen-bond donors (Lipinski definition) is 2. The molecule has 2 unspecified atom stereocenters. The Morgan fingerprint density at radius 2 is 1.86 bits per heavy atom. The van der Waals surface area contributed by atoms with E-state index in [1.165, 1.54) is 14.2 Å². The van der Waals surface area contributed by atoms with Crippen molar-refractivity contribution < 1.29 is 27.4 Å². The first-order valence-electron chi connectivity index (χ1n) is 10.4. The van der Waals surface area contributed by atoms with Gasteiger partial charge < -0.3 is 20.1 Å². The van der Waals surface area contributed by atoms with Gasteiger partial charge in [0.15, 0.2) is 23.2 Å². The summed E-state index contributed by atoms with van der Waals surface area (Å²) in [6.07, 6.45) is -5.02. The number of carbonyl (C=O) groups is 1. The Hall–Kier alpha value is -3.11. The second-order valence-corrected chi connectivity index (χ2v) is 8.71. The van der Waals surface area contributed by atoms with E-state index in [4.69, 9.17) is 32.7 Å². The van der Waals surface area contributed by atoms with Crippen LogP contribution in [0, 0.1) is 6.92 Å². The fourth-order valence-corrected chi connectivity index (χ4v) is 4.39. The molecule has 0 saturated heterocycles. The number of aryl methyl sites for hydroxylation is 1. The minimum absolute atomic E-state index is 0.111. The molecule has 7 nitrogen and oxygen atoms in total. The molecule has 3 aromatic rings. The van der Waals surface area contributed by atoms with Crippen molar-refractivity contribution in [3.05, 3.63) is 63.3 Å². The average molecular weight is 529 g/mol. The van der Waals surface area contributed by atoms with Crippen molar-refractivity contribution in [3.63, 3.8) is 0 Å². The van der Waals surface area contributed by atoms with Gasteiger partial charge in [-0.25, -0.2) is 4.68 Å². The summed E-state index contributed by atoms with van der Waals surface area (Å²) in [5.41, 5.74) is 1.19. The number of ether oxygens (including phenoxy) is 2. The Balaban J connectivity index is 1.72. The van der Waals surface area contributed by atoms with E-state index in [-0.39, 0.29) is 23.0 Å². The molecule has 0 fully saturated rings. The van der Waals surface area contributed by atoms with Crippen LogP contribution in [0.1, 0.15) is 40.1 Å². The normalized spacial score (nSPS) is 17.4. The first-order chi connectivity index (χ1) is 16.5. The van der Waals surface area contributed by atoms with Crippen LogP contribution in [0.3, 0.4) is 0 Å². The van der Waals surface area contributed by atoms with Crippen molar-refractivity contribution in [2.75, 3.05) is 24.9 Å². The van der Waals surface area contributed by atoms with Crippen molar-refractivity contribution >= 4 is 40.6 Å². The van der Waals surface area contributed by atoms with E-state index in [0.717, 1.165) is 5.56 Å². The number of anilines is 2. The van der Waals surface area contributed by atoms with Crippen molar-refractivity contribution in [2.45, 2.75) is 31.6 Å². The van der Waals surface area contributed by atoms with Crippen LogP contribution in [0.4, 0.5) is 24.7 Å². The number of rotatable bonds is 5. The molecular weight excluding hydrogens is 508 g/mol. The van der Waals surface area contributed by atoms with E-state index >= 15 is 0 Å².